The molecule has 25 heavy (non-hydrogen) atoms. The van der Waals surface area contributed by atoms with Crippen LogP contribution < -0.4 is 15.8 Å². The summed E-state index contributed by atoms with van der Waals surface area (Å²) < 4.78 is 6.76. The van der Waals surface area contributed by atoms with Crippen LogP contribution in [0.5, 0.6) is 5.75 Å². The molecule has 1 fully saturated rings. The van der Waals surface area contributed by atoms with Crippen molar-refractivity contribution in [1.82, 2.24) is 5.32 Å². The first-order valence-corrected chi connectivity index (χ1v) is 9.35. The zero-order valence-electron chi connectivity index (χ0n) is 14.3. The van der Waals surface area contributed by atoms with Crippen molar-refractivity contribution < 1.29 is 14.6 Å². The van der Waals surface area contributed by atoms with E-state index in [2.05, 4.69) is 17.9 Å². The Kier molecular flexibility index (Phi) is 4.99. The van der Waals surface area contributed by atoms with Crippen LogP contribution in [0.3, 0.4) is 0 Å². The number of fused-ring (bicyclic) bond motifs is 1. The predicted molar refractivity (Wildman–Crippen MR) is 104 cm³/mol. The largest absolute Gasteiger partial charge is 0.488 e. The lowest BCUT2D eigenvalue weighted by Crippen LogP contribution is -2.39. The molecule has 0 aliphatic heterocycles. The molecule has 1 aromatic heterocycles. The highest BCUT2D eigenvalue weighted by atomic mass is 32.1. The van der Waals surface area contributed by atoms with Crippen LogP contribution in [-0.4, -0.2) is 29.8 Å². The van der Waals surface area contributed by atoms with Gasteiger partial charge in [-0.2, -0.15) is 0 Å². The summed E-state index contributed by atoms with van der Waals surface area (Å²) in [5.74, 6) is 0.524. The summed E-state index contributed by atoms with van der Waals surface area (Å²) in [6.45, 7) is 3.97. The number of hydrogen-bond donors (Lipinski definition) is 4. The highest BCUT2D eigenvalue weighted by molar-refractivity contribution is 7.84. The van der Waals surface area contributed by atoms with Gasteiger partial charge < -0.3 is 20.9 Å². The minimum Gasteiger partial charge on any atom is -0.488 e. The van der Waals surface area contributed by atoms with E-state index < -0.39 is 5.54 Å². The van der Waals surface area contributed by atoms with Crippen LogP contribution in [0, 0.1) is 6.92 Å². The minimum atomic E-state index is -0.434. The first-order chi connectivity index (χ1) is 11.8. The van der Waals surface area contributed by atoms with Crippen LogP contribution in [0.2, 0.25) is 0 Å². The predicted octanol–water partition coefficient (Wildman–Crippen LogP) is 2.96. The zero-order chi connectivity index (χ0) is 18.2. The molecule has 0 saturated heterocycles. The van der Waals surface area contributed by atoms with Crippen molar-refractivity contribution in [3.8, 4) is 5.75 Å². The molecule has 1 amide bonds. The number of amides is 1. The Morgan fingerprint density at radius 1 is 1.48 bits per heavy atom. The van der Waals surface area contributed by atoms with Gasteiger partial charge in [0.25, 0.3) is 5.91 Å². The first kappa shape index (κ1) is 18.1. The van der Waals surface area contributed by atoms with E-state index in [1.807, 2.05) is 25.1 Å². The minimum absolute atomic E-state index is 0.0241. The van der Waals surface area contributed by atoms with Gasteiger partial charge >= 0.3 is 0 Å². The molecule has 7 heteroatoms. The molecule has 5 nitrogen and oxygen atoms in total. The Labute approximate surface area is 156 Å². The molecule has 2 aromatic rings. The number of benzene rings is 1. The fraction of sp³-hybridized carbons (Fsp3) is 0.389. The number of carbonyl (C=O) groups is 1. The summed E-state index contributed by atoms with van der Waals surface area (Å²) in [7, 11) is 0. The van der Waals surface area contributed by atoms with Crippen molar-refractivity contribution in [2.75, 3.05) is 13.2 Å². The summed E-state index contributed by atoms with van der Waals surface area (Å²) in [5.41, 5.74) is 6.53. The number of nitrogens with one attached hydrogen (secondary N) is 1. The third-order valence-electron chi connectivity index (χ3n) is 4.43. The molecular weight excluding hydrogens is 356 g/mol. The monoisotopic (exact) mass is 378 g/mol. The van der Waals surface area contributed by atoms with Crippen molar-refractivity contribution in [3.05, 3.63) is 39.2 Å². The molecular formula is C18H22N2O3S2. The van der Waals surface area contributed by atoms with Crippen molar-refractivity contribution >= 4 is 40.0 Å². The highest BCUT2D eigenvalue weighted by Crippen LogP contribution is 2.37. The summed E-state index contributed by atoms with van der Waals surface area (Å²) in [5, 5.41) is 13.3. The fourth-order valence-corrected chi connectivity index (χ4v) is 3.72. The van der Waals surface area contributed by atoms with Crippen molar-refractivity contribution in [2.24, 2.45) is 5.73 Å². The number of nitrogens with two attached hydrogens (primary N) is 1. The molecule has 0 unspecified atom stereocenters. The van der Waals surface area contributed by atoms with Gasteiger partial charge in [-0.25, -0.2) is 0 Å². The van der Waals surface area contributed by atoms with E-state index in [1.165, 1.54) is 0 Å². The van der Waals surface area contributed by atoms with E-state index >= 15 is 0 Å². The smallest absolute Gasteiger partial charge is 0.253 e. The number of ether oxygens (including phenoxy) is 1. The fourth-order valence-electron chi connectivity index (χ4n) is 2.61. The van der Waals surface area contributed by atoms with Gasteiger partial charge in [-0.3, -0.25) is 4.79 Å². The number of thiol groups is 1. The Morgan fingerprint density at radius 2 is 2.20 bits per heavy atom. The summed E-state index contributed by atoms with van der Waals surface area (Å²) in [4.78, 5) is 14.4. The second-order valence-electron chi connectivity index (χ2n) is 6.50. The average Bonchev–Trinajstić information content (AvgIpc) is 3.26. The topological polar surface area (TPSA) is 84.6 Å². The molecule has 1 saturated carbocycles. The number of aliphatic hydroxyl groups is 1. The van der Waals surface area contributed by atoms with Crippen molar-refractivity contribution in [2.45, 2.75) is 32.2 Å². The van der Waals surface area contributed by atoms with Crippen molar-refractivity contribution in [1.29, 1.82) is 0 Å². The molecule has 1 aliphatic carbocycles. The number of carbonyl (C=O) groups excluding carboxylic acids is 1. The molecule has 1 aromatic carbocycles. The van der Waals surface area contributed by atoms with Gasteiger partial charge in [-0.1, -0.05) is 0 Å². The second-order valence-corrected chi connectivity index (χ2v) is 8.30. The van der Waals surface area contributed by atoms with Gasteiger partial charge in [-0.05, 0) is 44.9 Å². The molecule has 0 spiro atoms. The maximum absolute atomic E-state index is 12.7. The third-order valence-corrected chi connectivity index (χ3v) is 6.00. The van der Waals surface area contributed by atoms with E-state index in [9.17, 15) is 9.90 Å². The molecule has 1 aliphatic rings. The van der Waals surface area contributed by atoms with Crippen LogP contribution in [0.25, 0.3) is 10.1 Å². The molecule has 0 bridgehead atoms. The first-order valence-electron chi connectivity index (χ1n) is 8.09. The normalized spacial score (nSPS) is 16.5. The van der Waals surface area contributed by atoms with Crippen LogP contribution >= 0.6 is 24.0 Å². The summed E-state index contributed by atoms with van der Waals surface area (Å²) in [6, 6.07) is 5.71. The molecule has 0 atom stereocenters. The number of allylic oxidation sites excluding steroid dienone is 1. The van der Waals surface area contributed by atoms with Gasteiger partial charge in [0.05, 0.1) is 17.7 Å². The second kappa shape index (κ2) is 6.90. The van der Waals surface area contributed by atoms with E-state index in [0.29, 0.717) is 21.9 Å². The van der Waals surface area contributed by atoms with Gasteiger partial charge in [0.1, 0.15) is 12.4 Å². The zero-order valence-corrected chi connectivity index (χ0v) is 16.0. The molecule has 4 N–H and O–H groups in total. The average molecular weight is 379 g/mol. The molecule has 0 radical (unpaired) electrons. The van der Waals surface area contributed by atoms with Gasteiger partial charge in [0, 0.05) is 25.6 Å². The third kappa shape index (κ3) is 3.78. The Hall–Kier alpha value is -1.70. The lowest BCUT2D eigenvalue weighted by atomic mass is 10.1. The van der Waals surface area contributed by atoms with E-state index in [1.54, 1.807) is 18.3 Å². The van der Waals surface area contributed by atoms with Gasteiger partial charge in [0.15, 0.2) is 0 Å². The Balaban J connectivity index is 1.88. The molecule has 134 valence electrons. The quantitative estimate of drug-likeness (QED) is 0.582. The maximum atomic E-state index is 12.7. The number of hydrogen-bond acceptors (Lipinski definition) is 6. The molecule has 3 rings (SSSR count). The molecule has 1 heterocycles. The standard InChI is InChI=1S/C18H22N2O3S2/c1-10(19)14(24)8-23-12-3-4-15-13(7-12)16(11(2)25-15)17(22)20-18(9-21)5-6-18/h3-4,7,21,24H,5-6,8-9,19H2,1-2H3,(H,20,22)/b14-10-. The van der Waals surface area contributed by atoms with Gasteiger partial charge in [-0.15, -0.1) is 24.0 Å². The van der Waals surface area contributed by atoms with Gasteiger partial charge in [0.2, 0.25) is 0 Å². The number of thiophene rings is 1. The summed E-state index contributed by atoms with van der Waals surface area (Å²) >= 11 is 5.87. The van der Waals surface area contributed by atoms with Crippen LogP contribution in [0.1, 0.15) is 35.0 Å². The Morgan fingerprint density at radius 3 is 2.80 bits per heavy atom. The maximum Gasteiger partial charge on any atom is 0.253 e. The SMILES string of the molecule is C/C(N)=C(/S)COc1ccc2sc(C)c(C(=O)NC3(CO)CC3)c2c1. The lowest BCUT2D eigenvalue weighted by molar-refractivity contribution is 0.0908. The van der Waals surface area contributed by atoms with Crippen molar-refractivity contribution in [3.63, 3.8) is 0 Å². The van der Waals surface area contributed by atoms with Crippen LogP contribution in [0.15, 0.2) is 28.8 Å². The van der Waals surface area contributed by atoms with E-state index in [-0.39, 0.29) is 19.1 Å². The summed E-state index contributed by atoms with van der Waals surface area (Å²) in [6.07, 6.45) is 1.64. The Bertz CT molecular complexity index is 849. The number of aliphatic hydroxyl groups excluding tert-OH is 1. The highest BCUT2D eigenvalue weighted by Gasteiger charge is 2.44. The van der Waals surface area contributed by atoms with Crippen LogP contribution in [-0.2, 0) is 0 Å². The number of rotatable bonds is 6. The number of aryl methyl sites for hydroxylation is 1. The van der Waals surface area contributed by atoms with E-state index in [4.69, 9.17) is 10.5 Å². The lowest BCUT2D eigenvalue weighted by Gasteiger charge is -2.14. The van der Waals surface area contributed by atoms with E-state index in [0.717, 1.165) is 27.8 Å². The van der Waals surface area contributed by atoms with Crippen LogP contribution in [0.4, 0.5) is 0 Å².